The van der Waals surface area contributed by atoms with Gasteiger partial charge in [0.05, 0.1) is 36.6 Å². The number of unbranched alkanes of at least 4 members (excludes halogenated alkanes) is 2. The number of aliphatic carboxylic acids is 1. The zero-order valence-corrected chi connectivity index (χ0v) is 72.2. The number of carbonyl (C=O) groups is 15. The second-order valence-electron chi connectivity index (χ2n) is 32.7. The van der Waals surface area contributed by atoms with Crippen molar-refractivity contribution in [3.63, 3.8) is 0 Å². The highest BCUT2D eigenvalue weighted by Crippen LogP contribution is 2.53. The Balaban J connectivity index is 0.981. The van der Waals surface area contributed by atoms with Gasteiger partial charge in [-0.2, -0.15) is 0 Å². The number of likely N-dealkylation sites (tertiary alicyclic amines) is 1. The van der Waals surface area contributed by atoms with Gasteiger partial charge in [-0.15, -0.1) is 5.10 Å². The van der Waals surface area contributed by atoms with Crippen LogP contribution in [0.25, 0.3) is 0 Å². The number of hydrogen-bond acceptors (Lipinski definition) is 23. The highest BCUT2D eigenvalue weighted by atomic mass is 33.1. The average molecular weight is 1770 g/mol. The molecule has 6 heterocycles. The van der Waals surface area contributed by atoms with Crippen LogP contribution in [0.1, 0.15) is 165 Å². The number of nitrogens with two attached hydrogens (primary N) is 2. The van der Waals surface area contributed by atoms with Gasteiger partial charge in [-0.05, 0) is 145 Å². The highest BCUT2D eigenvalue weighted by Gasteiger charge is 2.51. The van der Waals surface area contributed by atoms with Crippen LogP contribution in [0.3, 0.4) is 0 Å². The summed E-state index contributed by atoms with van der Waals surface area (Å²) in [5, 5.41) is 72.3. The van der Waals surface area contributed by atoms with Gasteiger partial charge >= 0.3 is 12.1 Å². The van der Waals surface area contributed by atoms with E-state index in [0.29, 0.717) is 43.1 Å². The number of carboxylic acid groups (broad SMARTS) is 1. The number of imidazole rings is 1. The molecule has 9 rings (SSSR count). The number of nitrogens with one attached hydrogen (secondary N) is 17. The first-order valence-electron chi connectivity index (χ1n) is 42.8. The molecule has 1 saturated carbocycles. The number of nitrogens with zero attached hydrogens (tertiary/aromatic N) is 6. The third-order valence-electron chi connectivity index (χ3n) is 23.0. The van der Waals surface area contributed by atoms with Crippen LogP contribution in [-0.2, 0) is 105 Å². The molecular formula is C80H121N25O17S2. The molecule has 44 heteroatoms. The quantitative estimate of drug-likeness (QED) is 0.0125. The molecule has 14 amide bonds. The number of rotatable bonds is 36. The normalized spacial score (nSPS) is 23.8. The maximum Gasteiger partial charge on any atom is 0.407 e. The van der Waals surface area contributed by atoms with Crippen LogP contribution in [0.4, 0.5) is 4.79 Å². The fraction of sp³-hybridized carbons (Fsp3) is 0.650. The summed E-state index contributed by atoms with van der Waals surface area (Å²) in [4.78, 5) is 225. The summed E-state index contributed by atoms with van der Waals surface area (Å²) in [5.74, 6) is -12.5. The molecule has 3 aromatic rings. The van der Waals surface area contributed by atoms with Crippen molar-refractivity contribution in [1.29, 1.82) is 10.8 Å². The molecule has 0 spiro atoms. The predicted octanol–water partition coefficient (Wildman–Crippen LogP) is -2.36. The second-order valence-corrected chi connectivity index (χ2v) is 35.2. The van der Waals surface area contributed by atoms with Crippen LogP contribution in [0, 0.1) is 34.5 Å². The molecule has 2 aromatic heterocycles. The molecule has 2 aliphatic carbocycles. The molecule has 6 aliphatic rings. The van der Waals surface area contributed by atoms with E-state index in [1.807, 2.05) is 18.7 Å². The number of alkyl carbamates (subject to hydrolysis) is 1. The van der Waals surface area contributed by atoms with Crippen LogP contribution >= 0.6 is 21.6 Å². The first-order valence-corrected chi connectivity index (χ1v) is 45.3. The van der Waals surface area contributed by atoms with E-state index in [-0.39, 0.29) is 177 Å². The average Bonchev–Trinajstić information content (AvgIpc) is 1.61. The van der Waals surface area contributed by atoms with Crippen molar-refractivity contribution in [2.45, 2.75) is 241 Å². The van der Waals surface area contributed by atoms with Crippen molar-refractivity contribution in [2.75, 3.05) is 57.4 Å². The fourth-order valence-electron chi connectivity index (χ4n) is 16.2. The van der Waals surface area contributed by atoms with Gasteiger partial charge in [0.15, 0.2) is 11.9 Å². The lowest BCUT2D eigenvalue weighted by Crippen LogP contribution is -2.61. The largest absolute Gasteiger partial charge is 0.480 e. The number of aromatic nitrogens is 5. The van der Waals surface area contributed by atoms with Gasteiger partial charge in [-0.25, -0.2) is 14.6 Å². The maximum atomic E-state index is 15.5. The van der Waals surface area contributed by atoms with Crippen LogP contribution in [0.2, 0.25) is 0 Å². The first kappa shape index (κ1) is 96.5. The van der Waals surface area contributed by atoms with Gasteiger partial charge < -0.3 is 111 Å². The summed E-state index contributed by atoms with van der Waals surface area (Å²) < 4.78 is 7.52. The van der Waals surface area contributed by atoms with Gasteiger partial charge in [0.1, 0.15) is 72.5 Å². The van der Waals surface area contributed by atoms with Crippen molar-refractivity contribution in [2.24, 2.45) is 42.2 Å². The van der Waals surface area contributed by atoms with Gasteiger partial charge in [-0.1, -0.05) is 90.7 Å². The minimum Gasteiger partial charge on any atom is -0.480 e. The summed E-state index contributed by atoms with van der Waals surface area (Å²) >= 11 is 0. The minimum absolute atomic E-state index is 0.0299. The van der Waals surface area contributed by atoms with E-state index < -0.39 is 168 Å². The van der Waals surface area contributed by atoms with Crippen LogP contribution in [-0.4, -0.2) is 271 Å². The third-order valence-corrected chi connectivity index (χ3v) is 25.4. The van der Waals surface area contributed by atoms with Crippen molar-refractivity contribution >= 4 is 122 Å². The molecule has 0 radical (unpaired) electrons. The Morgan fingerprint density at radius 2 is 1.30 bits per heavy atom. The zero-order valence-electron chi connectivity index (χ0n) is 70.5. The maximum absolute atomic E-state index is 15.5. The highest BCUT2D eigenvalue weighted by molar-refractivity contribution is 8.76. The van der Waals surface area contributed by atoms with Crippen LogP contribution in [0.5, 0.6) is 0 Å². The summed E-state index contributed by atoms with van der Waals surface area (Å²) in [5.41, 5.74) is 14.0. The monoisotopic (exact) mass is 1770 g/mol. The lowest BCUT2D eigenvalue weighted by molar-refractivity contribution is -0.142. The minimum atomic E-state index is -1.69. The molecule has 15 atom stereocenters. The van der Waals surface area contributed by atoms with E-state index in [2.05, 4.69) is 94.7 Å². The van der Waals surface area contributed by atoms with E-state index >= 15 is 19.2 Å². The third kappa shape index (κ3) is 29.4. The number of amides is 14. The molecule has 4 aliphatic heterocycles. The van der Waals surface area contributed by atoms with Gasteiger partial charge in [0.2, 0.25) is 76.8 Å². The Morgan fingerprint density at radius 3 is 1.98 bits per heavy atom. The standard InChI is InChI=1S/C80H121N25O17S2/c1-5-6-18-52-68(110)99-60(73(115)98-58(77(119)120)36-45-16-8-7-9-17-45)42-124-123-41-59(100-70(112)56(35-44(2)3)96-67(109)53(20-12-31-86-78(81)82)94-75(117)63-23-15-34-105(63)76(118)55(21-13-32-87-79(83)84)95-69(111)54-27-29-64(106)91-54)72(114)97-57(37-46-38-85-43-90-46)71(113)92-51(66(108)89-39-65(107)104-33-14-22-62(104)74(116)93-52)19-10-11-30-88-80(121)122-40-49-47-24-26-50-61(28-25-48(47)49)103(4)102-101-50/h7-9,16-17,38,43-44,47-49,51-60,62-63H,5-6,10-15,18-37,39-42H2,1-4H3,(H,85,90)(H,88,121)(H,89,108)(H,91,106)(H,92,113)(H,93,116)(H,94,117)(H,95,111)(H,96,109)(H,97,114)(H,98,115)(H,99,110)(H,100,112)(H,119,120)(H4,81,82,86)(H4,83,84,87)/t47?,48?,49-,51-,52-,53-,54-,55-,56-,57-,58-,59-,60-,62-,63-/m0/s1. The zero-order chi connectivity index (χ0) is 89.5. The summed E-state index contributed by atoms with van der Waals surface area (Å²) in [6.45, 7) is 5.37. The number of hydrogen-bond donors (Lipinski definition) is 20. The van der Waals surface area contributed by atoms with Crippen molar-refractivity contribution in [1.82, 2.24) is 109 Å². The number of aromatic amines is 1. The van der Waals surface area contributed by atoms with Gasteiger partial charge in [0.25, 0.3) is 0 Å². The Kier molecular flexibility index (Phi) is 37.4. The van der Waals surface area contributed by atoms with E-state index in [4.69, 9.17) is 27.0 Å². The van der Waals surface area contributed by atoms with E-state index in [1.165, 1.54) is 22.3 Å². The fourth-order valence-corrected chi connectivity index (χ4v) is 18.6. The number of ether oxygens (including phenoxy) is 1. The van der Waals surface area contributed by atoms with Gasteiger partial charge in [-0.3, -0.25) is 77.8 Å². The lowest BCUT2D eigenvalue weighted by atomic mass is 10.0. The van der Waals surface area contributed by atoms with E-state index in [9.17, 15) is 57.8 Å². The molecule has 42 nitrogen and oxygen atoms in total. The molecule has 4 saturated heterocycles. The number of aryl methyl sites for hydroxylation is 2. The van der Waals surface area contributed by atoms with Crippen molar-refractivity contribution in [3.8, 4) is 0 Å². The van der Waals surface area contributed by atoms with Crippen molar-refractivity contribution in [3.05, 3.63) is 65.5 Å². The Morgan fingerprint density at radius 1 is 0.653 bits per heavy atom. The molecule has 680 valence electrons. The smallest absolute Gasteiger partial charge is 0.407 e. The van der Waals surface area contributed by atoms with E-state index in [1.54, 1.807) is 44.2 Å². The molecule has 5 fully saturated rings. The van der Waals surface area contributed by atoms with Crippen LogP contribution in [0.15, 0.2) is 42.9 Å². The van der Waals surface area contributed by atoms with E-state index in [0.717, 1.165) is 58.7 Å². The molecule has 0 bridgehead atoms. The number of fused-ring (bicyclic) bond motifs is 3. The molecule has 22 N–H and O–H groups in total. The van der Waals surface area contributed by atoms with Crippen molar-refractivity contribution < 1.29 is 81.8 Å². The first-order chi connectivity index (χ1) is 59.4. The number of H-pyrrole nitrogens is 1. The molecule has 1 aromatic carbocycles. The number of carbonyl (C=O) groups excluding carboxylic acids is 14. The number of carboxylic acids is 1. The topological polar surface area (TPSA) is 620 Å². The van der Waals surface area contributed by atoms with Crippen LogP contribution < -0.4 is 85.9 Å². The molecular weight excluding hydrogens is 1650 g/mol. The lowest BCUT2D eigenvalue weighted by Gasteiger charge is -2.31. The summed E-state index contributed by atoms with van der Waals surface area (Å²) in [6, 6.07) is -8.04. The SMILES string of the molecule is CCCC[C@@H]1NC(=O)[C@@H]2CCCN2C(=O)CNC(=O)[C@H](CCCCNC(=O)OC[C@H]2C3CCc4nnn(C)c4CCC32)NC(=O)[C@H](Cc2c[nH]cn2)NC(=O)[C@@H](NC(=O)[C@H](CC(C)C)NC(=O)[C@H](CCCNC(=N)N)NC(=O)[C@@H]2CCCN2C(=O)[C@H](CCCNC(=N)N)NC(=O)[C@@H]2CCC(=O)N2)CSSC[C@@H](C(=O)N[C@@H](Cc2ccccc2)C(=O)O)NC1=O. The number of guanidine groups is 2. The Bertz CT molecular complexity index is 4240. The molecule has 124 heavy (non-hydrogen) atoms. The molecule has 2 unspecified atom stereocenters. The summed E-state index contributed by atoms with van der Waals surface area (Å²) in [6.07, 6.45) is 7.84. The predicted molar refractivity (Wildman–Crippen MR) is 455 cm³/mol. The Labute approximate surface area is 726 Å². The summed E-state index contributed by atoms with van der Waals surface area (Å²) in [7, 11) is 3.69. The number of benzene rings is 1. The van der Waals surface area contributed by atoms with Gasteiger partial charge in [0, 0.05) is 76.7 Å². The second kappa shape index (κ2) is 48.1. The Hall–Kier alpha value is -11.3.